The summed E-state index contributed by atoms with van der Waals surface area (Å²) in [5.74, 6) is 0.316. The zero-order valence-electron chi connectivity index (χ0n) is 14.9. The van der Waals surface area contributed by atoms with Crippen LogP contribution in [0.15, 0.2) is 30.3 Å². The van der Waals surface area contributed by atoms with Gasteiger partial charge in [-0.15, -0.1) is 0 Å². The maximum Gasteiger partial charge on any atom is 0.272 e. The van der Waals surface area contributed by atoms with Crippen molar-refractivity contribution in [2.45, 2.75) is 27.2 Å². The summed E-state index contributed by atoms with van der Waals surface area (Å²) in [4.78, 5) is 19.1. The van der Waals surface area contributed by atoms with E-state index in [9.17, 15) is 4.79 Å². The highest BCUT2D eigenvalue weighted by atomic mass is 16.5. The van der Waals surface area contributed by atoms with E-state index in [4.69, 9.17) is 9.84 Å². The Morgan fingerprint density at radius 1 is 1.29 bits per heavy atom. The molecule has 24 heavy (non-hydrogen) atoms. The Labute approximate surface area is 143 Å². The van der Waals surface area contributed by atoms with E-state index in [1.165, 1.54) is 0 Å². The van der Waals surface area contributed by atoms with Crippen LogP contribution in [0.4, 0.5) is 0 Å². The molecule has 2 rings (SSSR count). The monoisotopic (exact) mass is 330 g/mol. The topological polar surface area (TPSA) is 62.7 Å². The lowest BCUT2D eigenvalue weighted by atomic mass is 9.95. The smallest absolute Gasteiger partial charge is 0.272 e. The van der Waals surface area contributed by atoms with Crippen LogP contribution in [0.5, 0.6) is 5.88 Å². The van der Waals surface area contributed by atoms with E-state index in [0.717, 1.165) is 10.8 Å². The summed E-state index contributed by atoms with van der Waals surface area (Å²) in [5, 5.41) is 10.9. The van der Waals surface area contributed by atoms with E-state index in [2.05, 4.69) is 25.8 Å². The van der Waals surface area contributed by atoms with Crippen molar-refractivity contribution in [3.63, 3.8) is 0 Å². The van der Waals surface area contributed by atoms with Gasteiger partial charge in [0.15, 0.2) is 0 Å². The minimum atomic E-state index is -0.137. The molecule has 0 aliphatic heterocycles. The van der Waals surface area contributed by atoms with Gasteiger partial charge in [-0.1, -0.05) is 39.0 Å². The molecular weight excluding hydrogens is 304 g/mol. The SMILES string of the molecule is COc1nc(C(=O)N(CCCO)CC(C)(C)C)cc2ccccc12. The molecule has 0 aliphatic carbocycles. The number of benzene rings is 1. The number of ether oxygens (including phenoxy) is 1. The van der Waals surface area contributed by atoms with Crippen molar-refractivity contribution in [1.82, 2.24) is 9.88 Å². The molecular formula is C19H26N2O3. The predicted octanol–water partition coefficient (Wildman–Crippen LogP) is 3.11. The number of aliphatic hydroxyl groups excluding tert-OH is 1. The van der Waals surface area contributed by atoms with Crippen molar-refractivity contribution in [2.24, 2.45) is 5.41 Å². The molecule has 1 aromatic carbocycles. The maximum absolute atomic E-state index is 13.0. The Morgan fingerprint density at radius 2 is 2.00 bits per heavy atom. The Bertz CT molecular complexity index is 707. The summed E-state index contributed by atoms with van der Waals surface area (Å²) in [7, 11) is 1.56. The number of amides is 1. The zero-order chi connectivity index (χ0) is 17.7. The van der Waals surface area contributed by atoms with E-state index in [1.54, 1.807) is 18.1 Å². The number of nitrogens with zero attached hydrogens (tertiary/aromatic N) is 2. The van der Waals surface area contributed by atoms with Gasteiger partial charge in [-0.25, -0.2) is 4.98 Å². The Hall–Kier alpha value is -2.14. The molecule has 5 heteroatoms. The third-order valence-electron chi connectivity index (χ3n) is 3.66. The molecule has 0 bridgehead atoms. The molecule has 1 amide bonds. The normalized spacial score (nSPS) is 11.5. The molecule has 5 nitrogen and oxygen atoms in total. The van der Waals surface area contributed by atoms with Crippen LogP contribution in [-0.2, 0) is 0 Å². The van der Waals surface area contributed by atoms with E-state index >= 15 is 0 Å². The summed E-state index contributed by atoms with van der Waals surface area (Å²) in [5.41, 5.74) is 0.333. The van der Waals surface area contributed by atoms with Crippen LogP contribution >= 0.6 is 0 Å². The lowest BCUT2D eigenvalue weighted by Crippen LogP contribution is -2.39. The van der Waals surface area contributed by atoms with Crippen molar-refractivity contribution in [2.75, 3.05) is 26.8 Å². The van der Waals surface area contributed by atoms with Gasteiger partial charge < -0.3 is 14.7 Å². The molecule has 0 spiro atoms. The molecule has 1 heterocycles. The second kappa shape index (κ2) is 7.62. The van der Waals surface area contributed by atoms with E-state index in [1.807, 2.05) is 24.3 Å². The van der Waals surface area contributed by atoms with Gasteiger partial charge in [0.1, 0.15) is 5.69 Å². The molecule has 1 aromatic heterocycles. The number of pyridine rings is 1. The highest BCUT2D eigenvalue weighted by molar-refractivity contribution is 5.98. The highest BCUT2D eigenvalue weighted by Gasteiger charge is 2.23. The average molecular weight is 330 g/mol. The molecule has 0 unspecified atom stereocenters. The number of hydrogen-bond acceptors (Lipinski definition) is 4. The third kappa shape index (κ3) is 4.45. The van der Waals surface area contributed by atoms with Crippen molar-refractivity contribution in [3.8, 4) is 5.88 Å². The quantitative estimate of drug-likeness (QED) is 0.884. The minimum absolute atomic E-state index is 0.0357. The summed E-state index contributed by atoms with van der Waals surface area (Å²) < 4.78 is 5.36. The first-order chi connectivity index (χ1) is 11.4. The summed E-state index contributed by atoms with van der Waals surface area (Å²) >= 11 is 0. The number of aliphatic hydroxyl groups is 1. The van der Waals surface area contributed by atoms with Crippen molar-refractivity contribution in [1.29, 1.82) is 0 Å². The zero-order valence-corrected chi connectivity index (χ0v) is 14.9. The molecule has 0 fully saturated rings. The summed E-state index contributed by atoms with van der Waals surface area (Å²) in [6.45, 7) is 7.41. The maximum atomic E-state index is 13.0. The number of fused-ring (bicyclic) bond motifs is 1. The Morgan fingerprint density at radius 3 is 2.62 bits per heavy atom. The van der Waals surface area contributed by atoms with Crippen LogP contribution in [0.3, 0.4) is 0 Å². The number of hydrogen-bond donors (Lipinski definition) is 1. The van der Waals surface area contributed by atoms with Gasteiger partial charge in [-0.3, -0.25) is 4.79 Å². The van der Waals surface area contributed by atoms with Gasteiger partial charge in [0.25, 0.3) is 5.91 Å². The first-order valence-electron chi connectivity index (χ1n) is 8.19. The fraction of sp³-hybridized carbons (Fsp3) is 0.474. The van der Waals surface area contributed by atoms with Crippen LogP contribution in [0, 0.1) is 5.41 Å². The summed E-state index contributed by atoms with van der Waals surface area (Å²) in [6.07, 6.45) is 0.548. The van der Waals surface area contributed by atoms with Crippen LogP contribution in [0.2, 0.25) is 0 Å². The Kier molecular flexibility index (Phi) is 5.78. The summed E-state index contributed by atoms with van der Waals surface area (Å²) in [6, 6.07) is 9.51. The molecule has 1 N–H and O–H groups in total. The molecule has 0 aliphatic rings. The lowest BCUT2D eigenvalue weighted by molar-refractivity contribution is 0.0676. The first-order valence-corrected chi connectivity index (χ1v) is 8.19. The van der Waals surface area contributed by atoms with Gasteiger partial charge in [0.2, 0.25) is 5.88 Å². The third-order valence-corrected chi connectivity index (χ3v) is 3.66. The van der Waals surface area contributed by atoms with Crippen molar-refractivity contribution >= 4 is 16.7 Å². The van der Waals surface area contributed by atoms with E-state index in [0.29, 0.717) is 31.1 Å². The lowest BCUT2D eigenvalue weighted by Gasteiger charge is -2.30. The second-order valence-corrected chi connectivity index (χ2v) is 7.10. The number of methoxy groups -OCH3 is 1. The average Bonchev–Trinajstić information content (AvgIpc) is 2.55. The number of carbonyl (C=O) groups is 1. The number of rotatable bonds is 6. The molecule has 130 valence electrons. The van der Waals surface area contributed by atoms with Crippen LogP contribution in [0.1, 0.15) is 37.7 Å². The van der Waals surface area contributed by atoms with Gasteiger partial charge in [-0.05, 0) is 29.4 Å². The van der Waals surface area contributed by atoms with Crippen LogP contribution in [0.25, 0.3) is 10.8 Å². The molecule has 0 atom stereocenters. The van der Waals surface area contributed by atoms with E-state index in [-0.39, 0.29) is 17.9 Å². The molecule has 0 radical (unpaired) electrons. The van der Waals surface area contributed by atoms with Gasteiger partial charge in [-0.2, -0.15) is 0 Å². The Balaban J connectivity index is 2.39. The second-order valence-electron chi connectivity index (χ2n) is 7.10. The predicted molar refractivity (Wildman–Crippen MR) is 95.4 cm³/mol. The number of carbonyl (C=O) groups excluding carboxylic acids is 1. The highest BCUT2D eigenvalue weighted by Crippen LogP contribution is 2.25. The van der Waals surface area contributed by atoms with Gasteiger partial charge in [0.05, 0.1) is 7.11 Å². The molecule has 2 aromatic rings. The fourth-order valence-corrected chi connectivity index (χ4v) is 2.68. The minimum Gasteiger partial charge on any atom is -0.481 e. The molecule has 0 saturated heterocycles. The van der Waals surface area contributed by atoms with Crippen molar-refractivity contribution in [3.05, 3.63) is 36.0 Å². The van der Waals surface area contributed by atoms with Gasteiger partial charge >= 0.3 is 0 Å². The largest absolute Gasteiger partial charge is 0.481 e. The number of aromatic nitrogens is 1. The first kappa shape index (κ1) is 18.2. The van der Waals surface area contributed by atoms with Crippen molar-refractivity contribution < 1.29 is 14.6 Å². The molecule has 0 saturated carbocycles. The van der Waals surface area contributed by atoms with Crippen LogP contribution in [-0.4, -0.2) is 47.7 Å². The van der Waals surface area contributed by atoms with Gasteiger partial charge in [0, 0.05) is 25.1 Å². The standard InChI is InChI=1S/C19H26N2O3/c1-19(2,3)13-21(10-7-11-22)18(23)16-12-14-8-5-6-9-15(14)17(20-16)24-4/h5-6,8-9,12,22H,7,10-11,13H2,1-4H3. The fourth-order valence-electron chi connectivity index (χ4n) is 2.68. The van der Waals surface area contributed by atoms with E-state index < -0.39 is 0 Å². The van der Waals surface area contributed by atoms with Crippen LogP contribution < -0.4 is 4.74 Å².